The molecule has 0 saturated carbocycles. The highest BCUT2D eigenvalue weighted by molar-refractivity contribution is 7.18. The molecule has 0 spiro atoms. The van der Waals surface area contributed by atoms with E-state index in [2.05, 4.69) is 10.1 Å². The van der Waals surface area contributed by atoms with Gasteiger partial charge < -0.3 is 19.5 Å². The van der Waals surface area contributed by atoms with Crippen LogP contribution in [0.25, 0.3) is 0 Å². The van der Waals surface area contributed by atoms with Gasteiger partial charge in [-0.1, -0.05) is 0 Å². The molecule has 0 atom stereocenters. The molecule has 0 unspecified atom stereocenters. The number of hydrogen-bond acceptors (Lipinski definition) is 6. The molecule has 0 aliphatic heterocycles. The number of thiophene rings is 1. The van der Waals surface area contributed by atoms with Crippen LogP contribution in [0.4, 0.5) is 5.00 Å². The Morgan fingerprint density at radius 3 is 2.39 bits per heavy atom. The fourth-order valence-electron chi connectivity index (χ4n) is 1.83. The number of esters is 1. The number of anilines is 1. The molecule has 23 heavy (non-hydrogen) atoms. The van der Waals surface area contributed by atoms with E-state index >= 15 is 0 Å². The first-order valence-corrected chi connectivity index (χ1v) is 7.60. The van der Waals surface area contributed by atoms with E-state index in [4.69, 9.17) is 9.47 Å². The third kappa shape index (κ3) is 4.46. The van der Waals surface area contributed by atoms with Crippen LogP contribution in [0.15, 0.2) is 30.3 Å². The number of hydrogen-bond donors (Lipinski definition) is 1. The number of amides is 1. The first-order chi connectivity index (χ1) is 11.0. The molecule has 0 radical (unpaired) electrons. The molecule has 7 heteroatoms. The van der Waals surface area contributed by atoms with Crippen molar-refractivity contribution in [2.24, 2.45) is 0 Å². The van der Waals surface area contributed by atoms with Crippen molar-refractivity contribution in [3.8, 4) is 11.5 Å². The van der Waals surface area contributed by atoms with E-state index in [1.54, 1.807) is 44.4 Å². The van der Waals surface area contributed by atoms with E-state index in [0.717, 1.165) is 5.56 Å². The molecule has 1 aromatic heterocycles. The van der Waals surface area contributed by atoms with Crippen LogP contribution in [-0.4, -0.2) is 32.7 Å². The zero-order valence-corrected chi connectivity index (χ0v) is 13.9. The summed E-state index contributed by atoms with van der Waals surface area (Å²) in [5, 5.41) is 3.27. The zero-order chi connectivity index (χ0) is 16.8. The Hall–Kier alpha value is -2.54. The van der Waals surface area contributed by atoms with Crippen LogP contribution >= 0.6 is 11.3 Å². The summed E-state index contributed by atoms with van der Waals surface area (Å²) in [6.45, 7) is 1.66. The van der Waals surface area contributed by atoms with Crippen LogP contribution in [0.3, 0.4) is 0 Å². The smallest absolute Gasteiger partial charge is 0.348 e. The van der Waals surface area contributed by atoms with Crippen molar-refractivity contribution in [3.63, 3.8) is 0 Å². The Balaban J connectivity index is 1.90. The van der Waals surface area contributed by atoms with E-state index in [9.17, 15) is 9.59 Å². The summed E-state index contributed by atoms with van der Waals surface area (Å²) in [4.78, 5) is 23.9. The van der Waals surface area contributed by atoms with Crippen molar-refractivity contribution < 1.29 is 23.8 Å². The van der Waals surface area contributed by atoms with Crippen molar-refractivity contribution in [2.45, 2.75) is 6.92 Å². The minimum atomic E-state index is -0.414. The van der Waals surface area contributed by atoms with E-state index in [1.165, 1.54) is 18.4 Å². The lowest BCUT2D eigenvalue weighted by Gasteiger charge is -2.07. The maximum absolute atomic E-state index is 11.9. The maximum Gasteiger partial charge on any atom is 0.348 e. The minimum absolute atomic E-state index is 0.128. The van der Waals surface area contributed by atoms with Crippen molar-refractivity contribution in [1.82, 2.24) is 0 Å². The molecule has 2 aromatic rings. The molecular weight excluding hydrogens is 318 g/mol. The Morgan fingerprint density at radius 1 is 1.13 bits per heavy atom. The Morgan fingerprint density at radius 2 is 1.78 bits per heavy atom. The van der Waals surface area contributed by atoms with Crippen LogP contribution in [0.1, 0.15) is 15.2 Å². The summed E-state index contributed by atoms with van der Waals surface area (Å²) in [5.41, 5.74) is 0.758. The van der Waals surface area contributed by atoms with Crippen LogP contribution in [0.2, 0.25) is 0 Å². The average molecular weight is 335 g/mol. The molecule has 6 nitrogen and oxygen atoms in total. The molecule has 1 heterocycles. The highest BCUT2D eigenvalue weighted by atomic mass is 32.1. The molecule has 0 saturated heterocycles. The van der Waals surface area contributed by atoms with Crippen molar-refractivity contribution >= 4 is 28.2 Å². The van der Waals surface area contributed by atoms with Gasteiger partial charge in [-0.15, -0.1) is 11.3 Å². The first kappa shape index (κ1) is 16.8. The standard InChI is InChI=1S/C16H17NO5S/c1-10-8-14(23-15(10)16(19)21-3)17-13(18)9-22-12-6-4-11(20-2)5-7-12/h4-8H,9H2,1-3H3,(H,17,18). The second-order valence-corrected chi connectivity index (χ2v) is 5.68. The average Bonchev–Trinajstić information content (AvgIpc) is 2.93. The minimum Gasteiger partial charge on any atom is -0.497 e. The van der Waals surface area contributed by atoms with Gasteiger partial charge in [-0.3, -0.25) is 4.79 Å². The van der Waals surface area contributed by atoms with Gasteiger partial charge in [0.15, 0.2) is 6.61 Å². The lowest BCUT2D eigenvalue weighted by Crippen LogP contribution is -2.19. The van der Waals surface area contributed by atoms with Gasteiger partial charge in [0, 0.05) is 0 Å². The second-order valence-electron chi connectivity index (χ2n) is 4.63. The number of methoxy groups -OCH3 is 2. The van der Waals surface area contributed by atoms with Crippen LogP contribution in [0.5, 0.6) is 11.5 Å². The fraction of sp³-hybridized carbons (Fsp3) is 0.250. The van der Waals surface area contributed by atoms with Crippen LogP contribution in [-0.2, 0) is 9.53 Å². The van der Waals surface area contributed by atoms with Gasteiger partial charge in [0.05, 0.1) is 19.2 Å². The number of ether oxygens (including phenoxy) is 3. The molecule has 2 rings (SSSR count). The molecule has 0 aliphatic carbocycles. The van der Waals surface area contributed by atoms with Crippen LogP contribution < -0.4 is 14.8 Å². The molecule has 122 valence electrons. The molecule has 0 bridgehead atoms. The molecule has 1 amide bonds. The number of rotatable bonds is 6. The monoisotopic (exact) mass is 335 g/mol. The quantitative estimate of drug-likeness (QED) is 0.822. The van der Waals surface area contributed by atoms with Crippen molar-refractivity contribution in [3.05, 3.63) is 40.8 Å². The topological polar surface area (TPSA) is 73.9 Å². The van der Waals surface area contributed by atoms with Gasteiger partial charge in [-0.2, -0.15) is 0 Å². The van der Waals surface area contributed by atoms with Crippen molar-refractivity contribution in [2.75, 3.05) is 26.1 Å². The molecule has 0 aliphatic rings. The lowest BCUT2D eigenvalue weighted by molar-refractivity contribution is -0.118. The van der Waals surface area contributed by atoms with Crippen LogP contribution in [0, 0.1) is 6.92 Å². The lowest BCUT2D eigenvalue weighted by atomic mass is 10.3. The van der Waals surface area contributed by atoms with Gasteiger partial charge in [-0.25, -0.2) is 4.79 Å². The van der Waals surface area contributed by atoms with Gasteiger partial charge in [0.25, 0.3) is 5.91 Å². The first-order valence-electron chi connectivity index (χ1n) is 6.79. The number of benzene rings is 1. The normalized spacial score (nSPS) is 10.0. The van der Waals surface area contributed by atoms with E-state index < -0.39 is 5.97 Å². The Labute approximate surface area is 138 Å². The summed E-state index contributed by atoms with van der Waals surface area (Å²) in [7, 11) is 2.90. The van der Waals surface area contributed by atoms with Gasteiger partial charge in [-0.05, 0) is 42.8 Å². The molecule has 1 aromatic carbocycles. The number of carbonyl (C=O) groups is 2. The predicted octanol–water partition coefficient (Wildman–Crippen LogP) is 2.87. The largest absolute Gasteiger partial charge is 0.497 e. The van der Waals surface area contributed by atoms with E-state index in [1.807, 2.05) is 0 Å². The summed E-state index contributed by atoms with van der Waals surface area (Å²) in [5.74, 6) is 0.561. The predicted molar refractivity (Wildman–Crippen MR) is 87.5 cm³/mol. The summed E-state index contributed by atoms with van der Waals surface area (Å²) < 4.78 is 15.1. The van der Waals surface area contributed by atoms with Gasteiger partial charge >= 0.3 is 5.97 Å². The van der Waals surface area contributed by atoms with Gasteiger partial charge in [0.2, 0.25) is 0 Å². The number of carbonyl (C=O) groups excluding carboxylic acids is 2. The number of nitrogens with one attached hydrogen (secondary N) is 1. The van der Waals surface area contributed by atoms with Gasteiger partial charge in [0.1, 0.15) is 16.4 Å². The fourth-order valence-corrected chi connectivity index (χ4v) is 2.84. The molecule has 1 N–H and O–H groups in total. The molecule has 0 fully saturated rings. The van der Waals surface area contributed by atoms with E-state index in [-0.39, 0.29) is 12.5 Å². The third-order valence-electron chi connectivity index (χ3n) is 2.98. The maximum atomic E-state index is 11.9. The summed E-state index contributed by atoms with van der Waals surface area (Å²) >= 11 is 1.17. The second kappa shape index (κ2) is 7.64. The third-order valence-corrected chi connectivity index (χ3v) is 4.11. The summed E-state index contributed by atoms with van der Waals surface area (Å²) in [6, 6.07) is 8.66. The molecular formula is C16H17NO5S. The summed E-state index contributed by atoms with van der Waals surface area (Å²) in [6.07, 6.45) is 0. The number of aryl methyl sites for hydroxylation is 1. The van der Waals surface area contributed by atoms with E-state index in [0.29, 0.717) is 21.4 Å². The highest BCUT2D eigenvalue weighted by Crippen LogP contribution is 2.27. The Bertz CT molecular complexity index is 693. The zero-order valence-electron chi connectivity index (χ0n) is 13.0. The Kier molecular flexibility index (Phi) is 5.59. The van der Waals surface area contributed by atoms with Crippen molar-refractivity contribution in [1.29, 1.82) is 0 Å². The highest BCUT2D eigenvalue weighted by Gasteiger charge is 2.15. The SMILES string of the molecule is COC(=O)c1sc(NC(=O)COc2ccc(OC)cc2)cc1C.